The third-order valence-electron chi connectivity index (χ3n) is 2.94. The van der Waals surface area contributed by atoms with Crippen LogP contribution in [0, 0.1) is 6.92 Å². The second-order valence-corrected chi connectivity index (χ2v) is 5.70. The quantitative estimate of drug-likeness (QED) is 0.893. The number of carbonyl (C=O) groups is 1. The van der Waals surface area contributed by atoms with Crippen molar-refractivity contribution in [3.8, 4) is 0 Å². The van der Waals surface area contributed by atoms with Gasteiger partial charge in [-0.05, 0) is 26.0 Å². The van der Waals surface area contributed by atoms with Crippen LogP contribution in [-0.4, -0.2) is 36.5 Å². The number of carbonyl (C=O) groups excluding carboxylic acids is 1. The Balaban J connectivity index is 0.00000144. The Morgan fingerprint density at radius 2 is 2.35 bits per heavy atom. The molecule has 1 saturated heterocycles. The van der Waals surface area contributed by atoms with Gasteiger partial charge in [-0.3, -0.25) is 4.79 Å². The zero-order valence-corrected chi connectivity index (χ0v) is 11.9. The summed E-state index contributed by atoms with van der Waals surface area (Å²) < 4.78 is 0. The minimum Gasteiger partial charge on any atom is -0.337 e. The first kappa shape index (κ1) is 14.5. The fraction of sp³-hybridized carbons (Fsp3) is 0.583. The molecular weight excluding hydrogens is 256 g/mol. The molecule has 17 heavy (non-hydrogen) atoms. The number of amides is 1. The van der Waals surface area contributed by atoms with E-state index in [2.05, 4.69) is 31.3 Å². The normalized spacial score (nSPS) is 19.9. The fourth-order valence-corrected chi connectivity index (χ4v) is 2.92. The van der Waals surface area contributed by atoms with E-state index in [0.29, 0.717) is 12.5 Å². The number of halogens is 1. The van der Waals surface area contributed by atoms with Crippen LogP contribution in [0.5, 0.6) is 0 Å². The Morgan fingerprint density at radius 3 is 2.94 bits per heavy atom. The summed E-state index contributed by atoms with van der Waals surface area (Å²) >= 11 is 1.72. The van der Waals surface area contributed by atoms with Crippen LogP contribution in [0.25, 0.3) is 0 Å². The molecule has 1 fully saturated rings. The summed E-state index contributed by atoms with van der Waals surface area (Å²) in [5.74, 6) is 0.260. The molecule has 2 heterocycles. The maximum Gasteiger partial charge on any atom is 0.228 e. The SMILES string of the molecule is Cc1ccc(CC(=O)N2CCNCC2C)s1.Cl. The zero-order chi connectivity index (χ0) is 11.5. The average Bonchev–Trinajstić information content (AvgIpc) is 2.64. The molecule has 3 nitrogen and oxygen atoms in total. The first-order valence-corrected chi connectivity index (χ1v) is 6.54. The lowest BCUT2D eigenvalue weighted by atomic mass is 10.2. The summed E-state index contributed by atoms with van der Waals surface area (Å²) in [4.78, 5) is 16.5. The molecule has 1 atom stereocenters. The van der Waals surface area contributed by atoms with Crippen molar-refractivity contribution in [3.05, 3.63) is 21.9 Å². The molecule has 1 N–H and O–H groups in total. The average molecular weight is 275 g/mol. The lowest BCUT2D eigenvalue weighted by Gasteiger charge is -2.34. The van der Waals surface area contributed by atoms with Gasteiger partial charge in [-0.15, -0.1) is 23.7 Å². The lowest BCUT2D eigenvalue weighted by Crippen LogP contribution is -2.52. The van der Waals surface area contributed by atoms with Gasteiger partial charge in [0.2, 0.25) is 5.91 Å². The van der Waals surface area contributed by atoms with Crippen LogP contribution in [0.1, 0.15) is 16.7 Å². The van der Waals surface area contributed by atoms with Gasteiger partial charge in [-0.2, -0.15) is 0 Å². The first-order chi connectivity index (χ1) is 7.66. The molecule has 0 radical (unpaired) electrons. The number of aryl methyl sites for hydroxylation is 1. The molecule has 96 valence electrons. The smallest absolute Gasteiger partial charge is 0.228 e. The summed E-state index contributed by atoms with van der Waals surface area (Å²) in [7, 11) is 0. The van der Waals surface area contributed by atoms with Crippen molar-refractivity contribution in [2.24, 2.45) is 0 Å². The van der Waals surface area contributed by atoms with Crippen molar-refractivity contribution < 1.29 is 4.79 Å². The van der Waals surface area contributed by atoms with Crippen LogP contribution in [0.4, 0.5) is 0 Å². The van der Waals surface area contributed by atoms with Gasteiger partial charge in [0.25, 0.3) is 0 Å². The monoisotopic (exact) mass is 274 g/mol. The van der Waals surface area contributed by atoms with Gasteiger partial charge in [0, 0.05) is 35.4 Å². The standard InChI is InChI=1S/C12H18N2OS.ClH/c1-9-8-13-5-6-14(9)12(15)7-11-4-3-10(2)16-11;/h3-4,9,13H,5-8H2,1-2H3;1H. The van der Waals surface area contributed by atoms with Gasteiger partial charge >= 0.3 is 0 Å². The Hall–Kier alpha value is -0.580. The Bertz CT molecular complexity index is 380. The minimum atomic E-state index is 0. The number of thiophene rings is 1. The molecule has 1 aliphatic heterocycles. The molecule has 1 amide bonds. The zero-order valence-electron chi connectivity index (χ0n) is 10.2. The van der Waals surface area contributed by atoms with Crippen LogP contribution in [-0.2, 0) is 11.2 Å². The van der Waals surface area contributed by atoms with Crippen LogP contribution < -0.4 is 5.32 Å². The Morgan fingerprint density at radius 1 is 1.59 bits per heavy atom. The molecular formula is C12H19ClN2OS. The second kappa shape index (κ2) is 6.38. The number of nitrogens with one attached hydrogen (secondary N) is 1. The molecule has 0 bridgehead atoms. The van der Waals surface area contributed by atoms with Crippen molar-refractivity contribution in [1.82, 2.24) is 10.2 Å². The highest BCUT2D eigenvalue weighted by atomic mass is 35.5. The number of hydrogen-bond donors (Lipinski definition) is 1. The van der Waals surface area contributed by atoms with Gasteiger partial charge < -0.3 is 10.2 Å². The lowest BCUT2D eigenvalue weighted by molar-refractivity contribution is -0.133. The van der Waals surface area contributed by atoms with E-state index in [4.69, 9.17) is 0 Å². The molecule has 0 saturated carbocycles. The van der Waals surface area contributed by atoms with E-state index >= 15 is 0 Å². The van der Waals surface area contributed by atoms with Gasteiger partial charge in [-0.1, -0.05) is 0 Å². The Kier molecular flexibility index (Phi) is 5.43. The molecule has 1 aromatic rings. The highest BCUT2D eigenvalue weighted by molar-refractivity contribution is 7.12. The minimum absolute atomic E-state index is 0. The topological polar surface area (TPSA) is 32.3 Å². The van der Waals surface area contributed by atoms with Crippen molar-refractivity contribution in [2.75, 3.05) is 19.6 Å². The molecule has 0 aromatic carbocycles. The van der Waals surface area contributed by atoms with Crippen LogP contribution >= 0.6 is 23.7 Å². The molecule has 0 spiro atoms. The van der Waals surface area contributed by atoms with Gasteiger partial charge in [0.1, 0.15) is 0 Å². The van der Waals surface area contributed by atoms with E-state index < -0.39 is 0 Å². The van der Waals surface area contributed by atoms with E-state index in [1.807, 2.05) is 4.90 Å². The second-order valence-electron chi connectivity index (χ2n) is 4.33. The van der Waals surface area contributed by atoms with E-state index in [1.165, 1.54) is 9.75 Å². The number of rotatable bonds is 2. The van der Waals surface area contributed by atoms with Gasteiger partial charge in [-0.25, -0.2) is 0 Å². The van der Waals surface area contributed by atoms with Crippen LogP contribution in [0.2, 0.25) is 0 Å². The van der Waals surface area contributed by atoms with E-state index in [0.717, 1.165) is 19.6 Å². The Labute approximate surface area is 113 Å². The largest absolute Gasteiger partial charge is 0.337 e. The maximum absolute atomic E-state index is 12.1. The van der Waals surface area contributed by atoms with Crippen molar-refractivity contribution in [3.63, 3.8) is 0 Å². The maximum atomic E-state index is 12.1. The van der Waals surface area contributed by atoms with Crippen molar-refractivity contribution in [2.45, 2.75) is 26.3 Å². The molecule has 5 heteroatoms. The summed E-state index contributed by atoms with van der Waals surface area (Å²) in [6, 6.07) is 4.46. The van der Waals surface area contributed by atoms with E-state index in [1.54, 1.807) is 11.3 Å². The van der Waals surface area contributed by atoms with Gasteiger partial charge in [0.15, 0.2) is 0 Å². The molecule has 0 aliphatic carbocycles. The van der Waals surface area contributed by atoms with E-state index in [-0.39, 0.29) is 18.3 Å². The predicted octanol–water partition coefficient (Wildman–Crippen LogP) is 1.84. The fourth-order valence-electron chi connectivity index (χ4n) is 2.04. The molecule has 1 aromatic heterocycles. The number of piperazine rings is 1. The first-order valence-electron chi connectivity index (χ1n) is 5.72. The molecule has 1 unspecified atom stereocenters. The summed E-state index contributed by atoms with van der Waals surface area (Å²) in [6.45, 7) is 6.84. The van der Waals surface area contributed by atoms with Crippen LogP contribution in [0.15, 0.2) is 12.1 Å². The summed E-state index contributed by atoms with van der Waals surface area (Å²) in [5.41, 5.74) is 0. The highest BCUT2D eigenvalue weighted by Gasteiger charge is 2.22. The van der Waals surface area contributed by atoms with Crippen molar-refractivity contribution >= 4 is 29.7 Å². The molecule has 1 aliphatic rings. The van der Waals surface area contributed by atoms with Crippen LogP contribution in [0.3, 0.4) is 0 Å². The van der Waals surface area contributed by atoms with E-state index in [9.17, 15) is 4.79 Å². The highest BCUT2D eigenvalue weighted by Crippen LogP contribution is 2.17. The molecule has 2 rings (SSSR count). The number of nitrogens with zero attached hydrogens (tertiary/aromatic N) is 1. The van der Waals surface area contributed by atoms with Gasteiger partial charge in [0.05, 0.1) is 6.42 Å². The number of hydrogen-bond acceptors (Lipinski definition) is 3. The summed E-state index contributed by atoms with van der Waals surface area (Å²) in [5, 5.41) is 3.30. The predicted molar refractivity (Wildman–Crippen MR) is 74.1 cm³/mol. The van der Waals surface area contributed by atoms with Crippen molar-refractivity contribution in [1.29, 1.82) is 0 Å². The third kappa shape index (κ3) is 3.69. The summed E-state index contributed by atoms with van der Waals surface area (Å²) in [6.07, 6.45) is 0.558. The third-order valence-corrected chi connectivity index (χ3v) is 3.94.